The lowest BCUT2D eigenvalue weighted by molar-refractivity contribution is 0.0601. The highest BCUT2D eigenvalue weighted by Gasteiger charge is 2.40. The zero-order valence-electron chi connectivity index (χ0n) is 79.8. The molecule has 2 heteroatoms. The minimum absolute atomic E-state index is 0.0481. The van der Waals surface area contributed by atoms with E-state index in [4.69, 9.17) is 20.3 Å². The molecule has 0 unspecified atom stereocenters. The first kappa shape index (κ1) is 72.6. The van der Waals surface area contributed by atoms with E-state index in [0.29, 0.717) is 21.7 Å². The average Bonchev–Trinajstić information content (AvgIpc) is 1.57. The Hall–Kier alpha value is -2.27. The summed E-state index contributed by atoms with van der Waals surface area (Å²) < 4.78 is 85.4. The van der Waals surface area contributed by atoms with Crippen molar-refractivity contribution in [2.75, 3.05) is 0 Å². The fourth-order valence-corrected chi connectivity index (χ4v) is 10.0. The molecule has 2 fully saturated rings. The number of hydrogen-bond donors (Lipinski definition) is 0. The van der Waals surface area contributed by atoms with Gasteiger partial charge in [-0.15, -0.1) is 0 Å². The van der Waals surface area contributed by atoms with Crippen LogP contribution in [-0.4, -0.2) is 4.57 Å². The second kappa shape index (κ2) is 36.6. The normalized spacial score (nSPS) is 18.6. The van der Waals surface area contributed by atoms with Gasteiger partial charge in [-0.25, -0.2) is 0 Å². The predicted octanol–water partition coefficient (Wildman–Crippen LogP) is 30.8. The molecule has 0 radical (unpaired) electrons. The van der Waals surface area contributed by atoms with Gasteiger partial charge in [0.2, 0.25) is 0 Å². The third kappa shape index (κ3) is 43.4. The Morgan fingerprint density at radius 1 is 0.472 bits per heavy atom. The maximum absolute atomic E-state index is 8.15. The standard InChI is InChI=1S/C24H33N.C11H22.C10H20.C9H20.C8H18.2C7H16.C6H14.C5H9N/c1-22(2,3)16-10-12-20-18(14-16)19-15-17(23(4,5)6)11-13-21(19)25(20)24(7,8)9;1-10(2,3)11(4)8-6-5-7-9-11;1-9(2,3)10(4)7-5-6-8-10;1-8(2,3)7-9(4,5)6;1-7(2)6-8(3,4)5;1-6(2)7(3,4)5;1-5-6-7(2,3)4;1-5-6(2,3)4;1-5(2,3)4-6/h10-15H,1-9H3;5-9H2,1-4H3;5-8H2,1-4H3;7H2,1-6H3;7H,6H2,1-5H3;6H,1-5H3;5-6H2,1-4H3;5H2,1-4H3;1-3H3/i;;;7D2;6D2;6D;5D2,6D2;5D2;. The van der Waals surface area contributed by atoms with Gasteiger partial charge in [-0.1, -0.05) is 320 Å². The Bertz CT molecular complexity index is 2680. The molecule has 0 spiro atoms. The Morgan fingerprint density at radius 2 is 0.753 bits per heavy atom. The van der Waals surface area contributed by atoms with Crippen LogP contribution in [0.1, 0.15) is 421 Å². The average molecular weight is 1250 g/mol. The molecule has 2 aliphatic carbocycles. The van der Waals surface area contributed by atoms with Gasteiger partial charge >= 0.3 is 0 Å². The van der Waals surface area contributed by atoms with E-state index >= 15 is 0 Å². The van der Waals surface area contributed by atoms with Gasteiger partial charge < -0.3 is 4.57 Å². The predicted molar refractivity (Wildman–Crippen MR) is 414 cm³/mol. The van der Waals surface area contributed by atoms with Crippen LogP contribution >= 0.6 is 0 Å². The molecule has 526 valence electrons. The van der Waals surface area contributed by atoms with E-state index in [1.54, 1.807) is 27.7 Å². The Labute approximate surface area is 579 Å². The van der Waals surface area contributed by atoms with Crippen molar-refractivity contribution in [2.45, 2.75) is 411 Å². The molecule has 2 saturated carbocycles. The number of aromatic nitrogens is 1. The molecule has 2 aliphatic rings. The molecular weight excluding hydrogens is 1070 g/mol. The lowest BCUT2D eigenvalue weighted by atomic mass is 9.61. The first-order valence-electron chi connectivity index (χ1n) is 40.5. The fraction of sp³-hybridized carbons (Fsp3) is 0.851. The van der Waals surface area contributed by atoms with Crippen LogP contribution in [0, 0.1) is 82.7 Å². The van der Waals surface area contributed by atoms with Crippen molar-refractivity contribution in [3.05, 3.63) is 47.5 Å². The summed E-state index contributed by atoms with van der Waals surface area (Å²) in [6.45, 7) is 90.6. The maximum atomic E-state index is 8.15. The van der Waals surface area contributed by atoms with E-state index in [-0.39, 0.29) is 60.7 Å². The van der Waals surface area contributed by atoms with Crippen LogP contribution in [0.4, 0.5) is 0 Å². The molecule has 0 N–H and O–H groups in total. The van der Waals surface area contributed by atoms with Crippen molar-refractivity contribution in [3.63, 3.8) is 0 Å². The van der Waals surface area contributed by atoms with E-state index in [2.05, 4.69) is 186 Å². The summed E-state index contributed by atoms with van der Waals surface area (Å²) in [7, 11) is 0. The third-order valence-electron chi connectivity index (χ3n) is 17.0. The van der Waals surface area contributed by atoms with Crippen molar-refractivity contribution < 1.29 is 15.1 Å². The zero-order valence-corrected chi connectivity index (χ0v) is 68.8. The molecule has 1 aromatic heterocycles. The molecule has 3 aromatic rings. The third-order valence-corrected chi connectivity index (χ3v) is 17.0. The number of rotatable bonds is 2. The summed E-state index contributed by atoms with van der Waals surface area (Å²) in [4.78, 5) is 0. The number of nitrogens with zero attached hydrogens (tertiary/aromatic N) is 2. The summed E-state index contributed by atoms with van der Waals surface area (Å²) in [5, 5.41) is 10.9. The molecule has 2 nitrogen and oxygen atoms in total. The van der Waals surface area contributed by atoms with Gasteiger partial charge in [0.05, 0.1) is 6.07 Å². The second-order valence-electron chi connectivity index (χ2n) is 39.8. The highest BCUT2D eigenvalue weighted by molar-refractivity contribution is 6.09. The van der Waals surface area contributed by atoms with Gasteiger partial charge in [0.1, 0.15) is 0 Å². The molecule has 0 saturated heterocycles. The van der Waals surface area contributed by atoms with Gasteiger partial charge in [0.25, 0.3) is 0 Å². The largest absolute Gasteiger partial charge is 0.335 e. The van der Waals surface area contributed by atoms with Crippen molar-refractivity contribution in [3.8, 4) is 6.07 Å². The molecular formula is C87H168N2. The summed E-state index contributed by atoms with van der Waals surface area (Å²) in [6, 6.07) is 16.2. The van der Waals surface area contributed by atoms with Crippen LogP contribution in [0.15, 0.2) is 36.4 Å². The smallest absolute Gasteiger partial charge is 0.0680 e. The molecule has 0 atom stereocenters. The van der Waals surface area contributed by atoms with Crippen LogP contribution in [-0.2, 0) is 16.4 Å². The lowest BCUT2D eigenvalue weighted by Gasteiger charge is -2.45. The van der Waals surface area contributed by atoms with E-state index in [1.165, 1.54) is 97.6 Å². The Balaban J connectivity index is -0.000000540. The number of nitriles is 1. The second-order valence-corrected chi connectivity index (χ2v) is 39.8. The van der Waals surface area contributed by atoms with Crippen molar-refractivity contribution in [2.24, 2.45) is 71.4 Å². The first-order chi connectivity index (χ1) is 43.0. The fourth-order valence-electron chi connectivity index (χ4n) is 10.0. The van der Waals surface area contributed by atoms with Crippen LogP contribution in [0.5, 0.6) is 0 Å². The summed E-state index contributed by atoms with van der Waals surface area (Å²) in [5.41, 5.74) is 6.34. The van der Waals surface area contributed by atoms with Crippen LogP contribution in [0.25, 0.3) is 21.8 Å². The van der Waals surface area contributed by atoms with E-state index in [9.17, 15) is 0 Å². The monoisotopic (exact) mass is 1250 g/mol. The van der Waals surface area contributed by atoms with Gasteiger partial charge in [0, 0.05) is 47.8 Å². The SMILES string of the molecule is CC(C)(C)C#N.CC(C)(C)C1(C)CCCC1.CC(C)(C)C1(C)CCCCC1.CC(C)(C)c1ccc2c(c1)c1cc(C(C)(C)C)ccc1n2C(C)(C)C.[2H]C(C)(C)C(C)(C)C.[2H]C([2H])(C(C)(C)C)C(C)(C)C.[2H]C([2H])(C(C)C)C(C)(C)C.[2H]C([2H])(C)C(C)(C)C.[2H]C([2H])(C)C([2H])([2H])C(C)(C)C. The van der Waals surface area contributed by atoms with Crippen LogP contribution in [0.2, 0.25) is 0 Å². The van der Waals surface area contributed by atoms with E-state index in [1.807, 2.05) is 132 Å². The van der Waals surface area contributed by atoms with Gasteiger partial charge in [-0.3, -0.25) is 0 Å². The first-order valence-corrected chi connectivity index (χ1v) is 35.0. The summed E-state index contributed by atoms with van der Waals surface area (Å²) in [5.74, 6) is -0.222. The van der Waals surface area contributed by atoms with Crippen LogP contribution < -0.4 is 0 Å². The van der Waals surface area contributed by atoms with Gasteiger partial charge in [-0.2, -0.15) is 5.26 Å². The summed E-state index contributed by atoms with van der Waals surface area (Å²) >= 11 is 0. The highest BCUT2D eigenvalue weighted by Crippen LogP contribution is 2.51. The topological polar surface area (TPSA) is 28.7 Å². The summed E-state index contributed by atoms with van der Waals surface area (Å²) in [6.07, 6.45) is 6.21. The quantitative estimate of drug-likeness (QED) is 0.251. The molecule has 0 aliphatic heterocycles. The molecule has 2 aromatic carbocycles. The van der Waals surface area contributed by atoms with E-state index in [0.717, 1.165) is 0 Å². The zero-order chi connectivity index (χ0) is 81.9. The minimum Gasteiger partial charge on any atom is -0.335 e. The van der Waals surface area contributed by atoms with Crippen molar-refractivity contribution in [1.29, 1.82) is 5.26 Å². The highest BCUT2D eigenvalue weighted by atomic mass is 15.0. The lowest BCUT2D eigenvalue weighted by Crippen LogP contribution is -2.34. The molecule has 5 rings (SSSR count). The van der Waals surface area contributed by atoms with Crippen molar-refractivity contribution in [1.82, 2.24) is 4.57 Å². The number of benzene rings is 2. The minimum atomic E-state index is -1.79. The molecule has 0 bridgehead atoms. The number of fused-ring (bicyclic) bond motifs is 3. The Kier molecular flexibility index (Phi) is 29.8. The maximum Gasteiger partial charge on any atom is 0.0680 e. The van der Waals surface area contributed by atoms with Gasteiger partial charge in [-0.05, 0) is 199 Å². The molecule has 1 heterocycles. The van der Waals surface area contributed by atoms with E-state index < -0.39 is 37.3 Å². The Morgan fingerprint density at radius 3 is 0.876 bits per heavy atom. The van der Waals surface area contributed by atoms with Crippen molar-refractivity contribution >= 4 is 21.8 Å². The van der Waals surface area contributed by atoms with Gasteiger partial charge in [0.15, 0.2) is 0 Å². The van der Waals surface area contributed by atoms with Crippen LogP contribution in [0.3, 0.4) is 0 Å². The molecule has 0 amide bonds. The number of hydrogen-bond acceptors (Lipinski definition) is 1. The molecule has 89 heavy (non-hydrogen) atoms.